The van der Waals surface area contributed by atoms with Crippen molar-refractivity contribution in [2.45, 2.75) is 13.0 Å². The highest BCUT2D eigenvalue weighted by atomic mass is 16.6. The van der Waals surface area contributed by atoms with Gasteiger partial charge in [0.1, 0.15) is 12.4 Å². The number of aromatic nitrogens is 2. The Morgan fingerprint density at radius 1 is 1.15 bits per heavy atom. The highest BCUT2D eigenvalue weighted by Crippen LogP contribution is 2.24. The van der Waals surface area contributed by atoms with Gasteiger partial charge in [-0.3, -0.25) is 9.59 Å². The molecule has 26 heavy (non-hydrogen) atoms. The van der Waals surface area contributed by atoms with E-state index in [1.54, 1.807) is 6.07 Å². The fourth-order valence-corrected chi connectivity index (χ4v) is 2.14. The molecular weight excluding hydrogens is 346 g/mol. The predicted molar refractivity (Wildman–Crippen MR) is 88.4 cm³/mol. The minimum absolute atomic E-state index is 0.0231. The molecule has 2 rings (SSSR count). The van der Waals surface area contributed by atoms with Crippen LogP contribution in [0.15, 0.2) is 30.6 Å². The normalized spacial score (nSPS) is 10.3. The van der Waals surface area contributed by atoms with E-state index in [2.05, 4.69) is 15.6 Å². The third-order valence-corrected chi connectivity index (χ3v) is 3.44. The second-order valence-corrected chi connectivity index (χ2v) is 5.26. The monoisotopic (exact) mass is 363 g/mol. The lowest BCUT2D eigenvalue weighted by Crippen LogP contribution is -2.41. The number of rotatable bonds is 7. The Hall–Kier alpha value is -3.63. The van der Waals surface area contributed by atoms with Gasteiger partial charge in [0.2, 0.25) is 0 Å². The summed E-state index contributed by atoms with van der Waals surface area (Å²) in [5, 5.41) is 34.1. The van der Waals surface area contributed by atoms with E-state index in [0.29, 0.717) is 12.0 Å². The smallest absolute Gasteiger partial charge is 0.434 e. The van der Waals surface area contributed by atoms with E-state index < -0.39 is 16.7 Å². The lowest BCUT2D eigenvalue weighted by Gasteiger charge is -2.07. The minimum Gasteiger partial charge on any atom is -0.504 e. The Bertz CT molecular complexity index is 819. The number of imidazole rings is 1. The molecule has 0 bridgehead atoms. The van der Waals surface area contributed by atoms with Crippen LogP contribution < -0.4 is 10.6 Å². The Morgan fingerprint density at radius 3 is 2.50 bits per heavy atom. The molecular formula is C15H17N5O6. The molecule has 1 aromatic heterocycles. The van der Waals surface area contributed by atoms with Crippen molar-refractivity contribution in [3.63, 3.8) is 0 Å². The van der Waals surface area contributed by atoms with Gasteiger partial charge in [0.15, 0.2) is 11.5 Å². The van der Waals surface area contributed by atoms with Gasteiger partial charge in [-0.15, -0.1) is 0 Å². The number of hydrogen-bond donors (Lipinski definition) is 4. The minimum atomic E-state index is -0.860. The number of hydrogen-bond acceptors (Lipinski definition) is 7. The van der Waals surface area contributed by atoms with Crippen LogP contribution in [0.1, 0.15) is 5.56 Å². The lowest BCUT2D eigenvalue weighted by atomic mass is 10.1. The molecule has 0 atom stereocenters. The summed E-state index contributed by atoms with van der Waals surface area (Å²) in [4.78, 5) is 37.0. The van der Waals surface area contributed by atoms with Gasteiger partial charge < -0.3 is 31.0 Å². The molecule has 11 nitrogen and oxygen atoms in total. The molecule has 0 unspecified atom stereocenters. The van der Waals surface area contributed by atoms with Crippen molar-refractivity contribution in [2.75, 3.05) is 13.1 Å². The van der Waals surface area contributed by atoms with E-state index in [0.717, 1.165) is 0 Å². The average molecular weight is 363 g/mol. The molecule has 0 saturated carbocycles. The van der Waals surface area contributed by atoms with Crippen molar-refractivity contribution in [3.8, 4) is 11.5 Å². The van der Waals surface area contributed by atoms with Crippen LogP contribution in [0.2, 0.25) is 0 Å². The highest BCUT2D eigenvalue weighted by molar-refractivity contribution is 6.35. The number of carbonyl (C=O) groups is 2. The number of nitro groups is 1. The summed E-state index contributed by atoms with van der Waals surface area (Å²) in [5.74, 6) is -2.55. The molecule has 0 aliphatic carbocycles. The van der Waals surface area contributed by atoms with Gasteiger partial charge in [-0.05, 0) is 29.0 Å². The zero-order chi connectivity index (χ0) is 19.1. The van der Waals surface area contributed by atoms with E-state index in [9.17, 15) is 29.9 Å². The summed E-state index contributed by atoms with van der Waals surface area (Å²) >= 11 is 0. The van der Waals surface area contributed by atoms with Crippen LogP contribution in [0.3, 0.4) is 0 Å². The second kappa shape index (κ2) is 8.46. The van der Waals surface area contributed by atoms with Gasteiger partial charge in [0.05, 0.1) is 6.54 Å². The third-order valence-electron chi connectivity index (χ3n) is 3.44. The summed E-state index contributed by atoms with van der Waals surface area (Å²) < 4.78 is 1.25. The largest absolute Gasteiger partial charge is 0.504 e. The number of nitrogens with one attached hydrogen (secondary N) is 2. The number of nitrogens with zero attached hydrogens (tertiary/aromatic N) is 3. The van der Waals surface area contributed by atoms with Crippen molar-refractivity contribution >= 4 is 17.8 Å². The van der Waals surface area contributed by atoms with Gasteiger partial charge in [0.25, 0.3) is 0 Å². The number of phenols is 2. The van der Waals surface area contributed by atoms with Crippen LogP contribution in [-0.4, -0.2) is 49.6 Å². The molecule has 1 aromatic carbocycles. The topological polar surface area (TPSA) is 160 Å². The lowest BCUT2D eigenvalue weighted by molar-refractivity contribution is -0.396. The maximum atomic E-state index is 11.7. The van der Waals surface area contributed by atoms with Crippen molar-refractivity contribution in [1.82, 2.24) is 20.2 Å². The Labute approximate surface area is 147 Å². The summed E-state index contributed by atoms with van der Waals surface area (Å²) in [5.41, 5.74) is 0.674. The van der Waals surface area contributed by atoms with Crippen LogP contribution in [-0.2, 0) is 22.6 Å². The quantitative estimate of drug-likeness (QED) is 0.227. The summed E-state index contributed by atoms with van der Waals surface area (Å²) in [6.45, 7) is 0.279. The number of aromatic hydroxyl groups is 2. The number of amides is 2. The zero-order valence-electron chi connectivity index (χ0n) is 13.6. The third kappa shape index (κ3) is 4.93. The number of carbonyl (C=O) groups excluding carboxylic acids is 2. The summed E-state index contributed by atoms with van der Waals surface area (Å²) in [6.07, 6.45) is 3.03. The first-order chi connectivity index (χ1) is 12.4. The van der Waals surface area contributed by atoms with Gasteiger partial charge in [-0.25, -0.2) is 4.57 Å². The first kappa shape index (κ1) is 18.7. The van der Waals surface area contributed by atoms with Crippen LogP contribution in [0.5, 0.6) is 11.5 Å². The zero-order valence-corrected chi connectivity index (χ0v) is 13.6. The maximum absolute atomic E-state index is 11.7. The van der Waals surface area contributed by atoms with E-state index in [1.165, 1.54) is 29.1 Å². The number of benzene rings is 1. The Kier molecular flexibility index (Phi) is 6.09. The summed E-state index contributed by atoms with van der Waals surface area (Å²) in [6, 6.07) is 4.27. The highest BCUT2D eigenvalue weighted by Gasteiger charge is 2.16. The van der Waals surface area contributed by atoms with E-state index >= 15 is 0 Å². The molecule has 1 heterocycles. The van der Waals surface area contributed by atoms with Crippen LogP contribution in [0.4, 0.5) is 5.95 Å². The molecule has 2 amide bonds. The molecule has 2 aromatic rings. The van der Waals surface area contributed by atoms with Gasteiger partial charge in [-0.1, -0.05) is 11.1 Å². The molecule has 0 aliphatic heterocycles. The molecule has 0 fully saturated rings. The van der Waals surface area contributed by atoms with Gasteiger partial charge in [0, 0.05) is 13.1 Å². The molecule has 11 heteroatoms. The van der Waals surface area contributed by atoms with E-state index in [4.69, 9.17) is 0 Å². The molecule has 4 N–H and O–H groups in total. The van der Waals surface area contributed by atoms with E-state index in [1.807, 2.05) is 0 Å². The molecule has 0 aliphatic rings. The SMILES string of the molecule is O=C(NCCc1ccc(O)c(O)c1)C(=O)NCCn1ccnc1[N+](=O)[O-]. The standard InChI is InChI=1S/C15H17N5O6/c21-11-2-1-10(9-12(11)22)3-4-16-13(23)14(24)17-5-7-19-8-6-18-15(19)20(25)26/h1-2,6,8-9,21-22H,3-5,7H2,(H,16,23)(H,17,24). The number of phenolic OH excluding ortho intramolecular Hbond substituents is 2. The van der Waals surface area contributed by atoms with Crippen LogP contribution in [0, 0.1) is 10.1 Å². The molecule has 0 radical (unpaired) electrons. The first-order valence-electron chi connectivity index (χ1n) is 7.61. The van der Waals surface area contributed by atoms with Gasteiger partial charge in [-0.2, -0.15) is 0 Å². The van der Waals surface area contributed by atoms with Crippen molar-refractivity contribution < 1.29 is 24.7 Å². The second-order valence-electron chi connectivity index (χ2n) is 5.26. The fraction of sp³-hybridized carbons (Fsp3) is 0.267. The van der Waals surface area contributed by atoms with Crippen molar-refractivity contribution in [1.29, 1.82) is 0 Å². The molecule has 0 saturated heterocycles. The van der Waals surface area contributed by atoms with Crippen molar-refractivity contribution in [2.24, 2.45) is 0 Å². The fourth-order valence-electron chi connectivity index (χ4n) is 2.14. The average Bonchev–Trinajstić information content (AvgIpc) is 3.06. The van der Waals surface area contributed by atoms with Gasteiger partial charge >= 0.3 is 17.8 Å². The van der Waals surface area contributed by atoms with Crippen molar-refractivity contribution in [3.05, 3.63) is 46.3 Å². The van der Waals surface area contributed by atoms with Crippen LogP contribution >= 0.6 is 0 Å². The molecule has 0 spiro atoms. The Morgan fingerprint density at radius 2 is 1.85 bits per heavy atom. The Balaban J connectivity index is 1.72. The maximum Gasteiger partial charge on any atom is 0.434 e. The predicted octanol–water partition coefficient (Wildman–Crippen LogP) is -0.322. The summed E-state index contributed by atoms with van der Waals surface area (Å²) in [7, 11) is 0. The molecule has 138 valence electrons. The van der Waals surface area contributed by atoms with E-state index in [-0.39, 0.29) is 37.1 Å². The first-order valence-corrected chi connectivity index (χ1v) is 7.61. The van der Waals surface area contributed by atoms with Crippen LogP contribution in [0.25, 0.3) is 0 Å².